The first-order valence-electron chi connectivity index (χ1n) is 11.5. The lowest BCUT2D eigenvalue weighted by Crippen LogP contribution is -2.52. The first kappa shape index (κ1) is 21.8. The summed E-state index contributed by atoms with van der Waals surface area (Å²) in [5.74, 6) is 0.870. The van der Waals surface area contributed by atoms with Crippen LogP contribution >= 0.6 is 0 Å². The number of likely N-dealkylation sites (tertiary alicyclic amines) is 1. The number of piperidine rings is 1. The van der Waals surface area contributed by atoms with E-state index < -0.39 is 5.41 Å². The third-order valence-electron chi connectivity index (χ3n) is 6.93. The Labute approximate surface area is 184 Å². The summed E-state index contributed by atoms with van der Waals surface area (Å²) in [6.45, 7) is 7.48. The van der Waals surface area contributed by atoms with E-state index in [1.807, 2.05) is 36.9 Å². The average molecular weight is 424 g/mol. The van der Waals surface area contributed by atoms with Gasteiger partial charge in [-0.05, 0) is 43.1 Å². The summed E-state index contributed by atoms with van der Waals surface area (Å²) in [6, 6.07) is 11.8. The smallest absolute Gasteiger partial charge is 0.253 e. The van der Waals surface area contributed by atoms with Gasteiger partial charge in [0.25, 0.3) is 5.56 Å². The molecule has 0 spiro atoms. The van der Waals surface area contributed by atoms with Gasteiger partial charge in [-0.1, -0.05) is 44.2 Å². The van der Waals surface area contributed by atoms with Crippen molar-refractivity contribution in [2.24, 2.45) is 5.92 Å². The number of benzene rings is 1. The predicted octanol–water partition coefficient (Wildman–Crippen LogP) is 3.35. The molecular weight excluding hydrogens is 390 g/mol. The van der Waals surface area contributed by atoms with Gasteiger partial charge in [0.2, 0.25) is 5.91 Å². The highest BCUT2D eigenvalue weighted by Gasteiger charge is 2.44. The van der Waals surface area contributed by atoms with Crippen molar-refractivity contribution < 1.29 is 9.53 Å². The molecular formula is C25H33N3O3. The molecule has 0 bridgehead atoms. The largest absolute Gasteiger partial charge is 0.381 e. The van der Waals surface area contributed by atoms with Gasteiger partial charge in [0.1, 0.15) is 0 Å². The van der Waals surface area contributed by atoms with Crippen LogP contribution in [0.5, 0.6) is 0 Å². The summed E-state index contributed by atoms with van der Waals surface area (Å²) in [7, 11) is 0. The topological polar surface area (TPSA) is 64.4 Å². The number of rotatable bonds is 5. The Balaban J connectivity index is 1.42. The lowest BCUT2D eigenvalue weighted by Gasteiger charge is -2.42. The van der Waals surface area contributed by atoms with E-state index in [0.717, 1.165) is 50.0 Å². The molecule has 166 valence electrons. The van der Waals surface area contributed by atoms with Gasteiger partial charge in [0.15, 0.2) is 0 Å². The molecule has 31 heavy (non-hydrogen) atoms. The van der Waals surface area contributed by atoms with E-state index >= 15 is 0 Å². The van der Waals surface area contributed by atoms with Crippen molar-refractivity contribution in [1.82, 2.24) is 14.5 Å². The number of ether oxygens (including phenoxy) is 1. The van der Waals surface area contributed by atoms with Crippen LogP contribution in [0.15, 0.2) is 47.5 Å². The molecule has 0 radical (unpaired) electrons. The van der Waals surface area contributed by atoms with Crippen LogP contribution in [0.2, 0.25) is 0 Å². The monoisotopic (exact) mass is 423 g/mol. The number of carbonyl (C=O) groups is 1. The predicted molar refractivity (Wildman–Crippen MR) is 120 cm³/mol. The lowest BCUT2D eigenvalue weighted by molar-refractivity contribution is -0.142. The van der Waals surface area contributed by atoms with Crippen LogP contribution in [-0.2, 0) is 21.5 Å². The average Bonchev–Trinajstić information content (AvgIpc) is 2.81. The molecule has 0 N–H and O–H groups in total. The second-order valence-electron chi connectivity index (χ2n) is 9.26. The van der Waals surface area contributed by atoms with Crippen LogP contribution < -0.4 is 5.56 Å². The molecule has 0 unspecified atom stereocenters. The summed E-state index contributed by atoms with van der Waals surface area (Å²) in [6.07, 6.45) is 4.97. The van der Waals surface area contributed by atoms with Crippen LogP contribution in [0.25, 0.3) is 0 Å². The van der Waals surface area contributed by atoms with Gasteiger partial charge in [-0.3, -0.25) is 14.2 Å². The molecule has 2 aliphatic rings. The van der Waals surface area contributed by atoms with Gasteiger partial charge >= 0.3 is 0 Å². The summed E-state index contributed by atoms with van der Waals surface area (Å²) in [5.41, 5.74) is 1.49. The highest BCUT2D eigenvalue weighted by Crippen LogP contribution is 2.37. The van der Waals surface area contributed by atoms with E-state index in [-0.39, 0.29) is 17.4 Å². The summed E-state index contributed by atoms with van der Waals surface area (Å²) in [4.78, 5) is 32.6. The maximum atomic E-state index is 13.7. The van der Waals surface area contributed by atoms with Crippen LogP contribution in [0, 0.1) is 5.92 Å². The van der Waals surface area contributed by atoms with Gasteiger partial charge in [-0.25, -0.2) is 4.98 Å². The molecule has 2 aromatic rings. The van der Waals surface area contributed by atoms with E-state index in [0.29, 0.717) is 25.7 Å². The Morgan fingerprint density at radius 3 is 2.45 bits per heavy atom. The zero-order chi connectivity index (χ0) is 21.8. The molecule has 1 amide bonds. The molecule has 6 nitrogen and oxygen atoms in total. The fourth-order valence-corrected chi connectivity index (χ4v) is 4.90. The van der Waals surface area contributed by atoms with Crippen molar-refractivity contribution in [2.75, 3.05) is 26.3 Å². The quantitative estimate of drug-likeness (QED) is 0.740. The Kier molecular flexibility index (Phi) is 6.56. The maximum Gasteiger partial charge on any atom is 0.253 e. The van der Waals surface area contributed by atoms with Crippen LogP contribution in [0.3, 0.4) is 0 Å². The van der Waals surface area contributed by atoms with Crippen molar-refractivity contribution in [3.63, 3.8) is 0 Å². The fourth-order valence-electron chi connectivity index (χ4n) is 4.90. The number of aromatic nitrogens is 2. The molecule has 0 saturated carbocycles. The van der Waals surface area contributed by atoms with E-state index in [4.69, 9.17) is 4.74 Å². The second kappa shape index (κ2) is 9.35. The zero-order valence-electron chi connectivity index (χ0n) is 18.6. The van der Waals surface area contributed by atoms with Gasteiger partial charge < -0.3 is 9.64 Å². The third-order valence-corrected chi connectivity index (χ3v) is 6.93. The Morgan fingerprint density at radius 2 is 1.84 bits per heavy atom. The van der Waals surface area contributed by atoms with E-state index in [9.17, 15) is 9.59 Å². The fraction of sp³-hybridized carbons (Fsp3) is 0.560. The first-order valence-corrected chi connectivity index (χ1v) is 11.5. The van der Waals surface area contributed by atoms with Crippen molar-refractivity contribution in [2.45, 2.75) is 57.4 Å². The Bertz CT molecular complexity index is 940. The van der Waals surface area contributed by atoms with Crippen molar-refractivity contribution in [3.8, 4) is 0 Å². The van der Waals surface area contributed by atoms with Crippen molar-refractivity contribution >= 4 is 5.91 Å². The van der Waals surface area contributed by atoms with Crippen molar-refractivity contribution in [3.05, 3.63) is 64.3 Å². The molecule has 0 aliphatic carbocycles. The molecule has 6 heteroatoms. The highest BCUT2D eigenvalue weighted by molar-refractivity contribution is 5.88. The van der Waals surface area contributed by atoms with Crippen molar-refractivity contribution in [1.29, 1.82) is 0 Å². The number of carbonyl (C=O) groups excluding carboxylic acids is 1. The number of nitrogens with zero attached hydrogens (tertiary/aromatic N) is 3. The standard InChI is InChI=1S/C25H33N3O3/c1-19(2)22-16-23(29)28(18-26-22)17-20-8-12-27(13-9-20)24(30)25(10-14-31-15-11-25)21-6-4-3-5-7-21/h3-7,16,18-20H,8-15,17H2,1-2H3. The van der Waals surface area contributed by atoms with Gasteiger partial charge in [0.05, 0.1) is 17.4 Å². The van der Waals surface area contributed by atoms with E-state index in [2.05, 4.69) is 17.1 Å². The minimum absolute atomic E-state index is 0.0162. The highest BCUT2D eigenvalue weighted by atomic mass is 16.5. The lowest BCUT2D eigenvalue weighted by atomic mass is 9.72. The molecule has 1 aromatic heterocycles. The summed E-state index contributed by atoms with van der Waals surface area (Å²) < 4.78 is 7.31. The summed E-state index contributed by atoms with van der Waals surface area (Å²) >= 11 is 0. The second-order valence-corrected chi connectivity index (χ2v) is 9.26. The van der Waals surface area contributed by atoms with Crippen LogP contribution in [0.4, 0.5) is 0 Å². The maximum absolute atomic E-state index is 13.7. The molecule has 2 fully saturated rings. The number of amides is 1. The third kappa shape index (κ3) is 4.59. The zero-order valence-corrected chi connectivity index (χ0v) is 18.6. The summed E-state index contributed by atoms with van der Waals surface area (Å²) in [5, 5.41) is 0. The van der Waals surface area contributed by atoms with Gasteiger partial charge in [-0.2, -0.15) is 0 Å². The molecule has 2 saturated heterocycles. The normalized spacial score (nSPS) is 19.5. The number of hydrogen-bond donors (Lipinski definition) is 0. The van der Waals surface area contributed by atoms with Crippen LogP contribution in [-0.4, -0.2) is 46.7 Å². The number of hydrogen-bond acceptors (Lipinski definition) is 4. The SMILES string of the molecule is CC(C)c1cc(=O)n(CC2CCN(C(=O)C3(c4ccccc4)CCOCC3)CC2)cn1. The first-order chi connectivity index (χ1) is 15.0. The molecule has 3 heterocycles. The Hall–Kier alpha value is -2.47. The van der Waals surface area contributed by atoms with E-state index in [1.165, 1.54) is 0 Å². The minimum Gasteiger partial charge on any atom is -0.381 e. The molecule has 2 aliphatic heterocycles. The Morgan fingerprint density at radius 1 is 1.16 bits per heavy atom. The molecule has 4 rings (SSSR count). The minimum atomic E-state index is -0.472. The van der Waals surface area contributed by atoms with E-state index in [1.54, 1.807) is 17.0 Å². The van der Waals surface area contributed by atoms with Gasteiger partial charge in [0, 0.05) is 38.9 Å². The van der Waals surface area contributed by atoms with Gasteiger partial charge in [-0.15, -0.1) is 0 Å². The molecule has 1 aromatic carbocycles. The molecule has 0 atom stereocenters. The van der Waals surface area contributed by atoms with Crippen LogP contribution in [0.1, 0.15) is 56.7 Å².